The summed E-state index contributed by atoms with van der Waals surface area (Å²) in [6, 6.07) is 9.05. The van der Waals surface area contributed by atoms with Gasteiger partial charge in [-0.1, -0.05) is 6.07 Å². The Hall–Kier alpha value is -3.10. The normalized spacial score (nSPS) is 10.8. The predicted molar refractivity (Wildman–Crippen MR) is 79.7 cm³/mol. The van der Waals surface area contributed by atoms with E-state index < -0.39 is 24.8 Å². The minimum Gasteiger partial charge on any atom is -0.440 e. The zero-order valence-corrected chi connectivity index (χ0v) is 12.1. The van der Waals surface area contributed by atoms with E-state index in [1.807, 2.05) is 0 Å². The number of hydrogen-bond acceptors (Lipinski definition) is 4. The molecule has 2 rings (SSSR count). The van der Waals surface area contributed by atoms with Crippen molar-refractivity contribution < 1.29 is 27.5 Å². The lowest BCUT2D eigenvalue weighted by molar-refractivity contribution is -0.159. The summed E-state index contributed by atoms with van der Waals surface area (Å²) in [7, 11) is 0. The molecular formula is C15H12F3N3O3. The van der Waals surface area contributed by atoms with Crippen molar-refractivity contribution in [3.05, 3.63) is 54.4 Å². The summed E-state index contributed by atoms with van der Waals surface area (Å²) in [5, 5.41) is 4.72. The number of rotatable bonds is 4. The fourth-order valence-corrected chi connectivity index (χ4v) is 1.68. The van der Waals surface area contributed by atoms with Gasteiger partial charge in [-0.05, 0) is 30.3 Å². The lowest BCUT2D eigenvalue weighted by atomic mass is 10.2. The van der Waals surface area contributed by atoms with Crippen molar-refractivity contribution in [1.29, 1.82) is 0 Å². The van der Waals surface area contributed by atoms with Gasteiger partial charge in [0.2, 0.25) is 0 Å². The highest BCUT2D eigenvalue weighted by Gasteiger charge is 2.29. The van der Waals surface area contributed by atoms with Crippen LogP contribution in [-0.2, 0) is 4.74 Å². The summed E-state index contributed by atoms with van der Waals surface area (Å²) in [4.78, 5) is 27.1. The largest absolute Gasteiger partial charge is 0.440 e. The second-order valence-electron chi connectivity index (χ2n) is 4.59. The third kappa shape index (κ3) is 5.59. The number of pyridine rings is 1. The van der Waals surface area contributed by atoms with Gasteiger partial charge in [-0.15, -0.1) is 0 Å². The van der Waals surface area contributed by atoms with E-state index in [1.54, 1.807) is 18.2 Å². The maximum Gasteiger partial charge on any atom is 0.422 e. The number of aromatic nitrogens is 1. The highest BCUT2D eigenvalue weighted by molar-refractivity contribution is 6.04. The van der Waals surface area contributed by atoms with Crippen LogP contribution in [0, 0.1) is 0 Å². The molecular weight excluding hydrogens is 327 g/mol. The Morgan fingerprint density at radius 1 is 1.08 bits per heavy atom. The van der Waals surface area contributed by atoms with E-state index in [4.69, 9.17) is 0 Å². The number of amides is 2. The molecule has 0 aliphatic rings. The molecule has 1 aromatic heterocycles. The zero-order valence-electron chi connectivity index (χ0n) is 12.1. The molecule has 0 atom stereocenters. The molecule has 1 aromatic carbocycles. The summed E-state index contributed by atoms with van der Waals surface area (Å²) >= 11 is 0. The highest BCUT2D eigenvalue weighted by Crippen LogP contribution is 2.18. The Morgan fingerprint density at radius 3 is 2.42 bits per heavy atom. The maximum absolute atomic E-state index is 12.0. The molecule has 2 N–H and O–H groups in total. The first kappa shape index (κ1) is 17.3. The molecule has 0 spiro atoms. The smallest absolute Gasteiger partial charge is 0.422 e. The summed E-state index contributed by atoms with van der Waals surface area (Å²) in [6.45, 7) is -1.68. The first-order valence-electron chi connectivity index (χ1n) is 6.65. The van der Waals surface area contributed by atoms with E-state index in [-0.39, 0.29) is 5.69 Å². The number of carbonyl (C=O) groups excluding carboxylic acids is 2. The molecule has 0 saturated heterocycles. The minimum atomic E-state index is -4.60. The van der Waals surface area contributed by atoms with Gasteiger partial charge in [-0.2, -0.15) is 13.2 Å². The van der Waals surface area contributed by atoms with Gasteiger partial charge < -0.3 is 10.1 Å². The van der Waals surface area contributed by atoms with Crippen molar-refractivity contribution in [3.8, 4) is 0 Å². The van der Waals surface area contributed by atoms with Crippen molar-refractivity contribution in [3.63, 3.8) is 0 Å². The molecule has 0 aliphatic heterocycles. The number of hydrogen-bond donors (Lipinski definition) is 2. The first-order valence-corrected chi connectivity index (χ1v) is 6.65. The van der Waals surface area contributed by atoms with Crippen LogP contribution in [-0.4, -0.2) is 29.8 Å². The second-order valence-corrected chi connectivity index (χ2v) is 4.59. The summed E-state index contributed by atoms with van der Waals surface area (Å²) in [5.74, 6) is -0.417. The van der Waals surface area contributed by atoms with Crippen LogP contribution < -0.4 is 10.6 Å². The lowest BCUT2D eigenvalue weighted by Crippen LogP contribution is -2.23. The van der Waals surface area contributed by atoms with Crippen LogP contribution in [0.15, 0.2) is 48.8 Å². The SMILES string of the molecule is O=C(Nc1cccc(NC(=O)c2cccnc2)c1)OCC(F)(F)F. The molecule has 2 amide bonds. The quantitative estimate of drug-likeness (QED) is 0.894. The zero-order chi connectivity index (χ0) is 17.6. The average molecular weight is 339 g/mol. The average Bonchev–Trinajstić information content (AvgIpc) is 2.53. The Morgan fingerprint density at radius 2 is 1.79 bits per heavy atom. The molecule has 2 aromatic rings. The number of benzene rings is 1. The van der Waals surface area contributed by atoms with Crippen LogP contribution in [0.25, 0.3) is 0 Å². The molecule has 0 aliphatic carbocycles. The van der Waals surface area contributed by atoms with Crippen LogP contribution in [0.1, 0.15) is 10.4 Å². The summed E-state index contributed by atoms with van der Waals surface area (Å²) in [6.07, 6.45) is -2.94. The first-order chi connectivity index (χ1) is 11.3. The van der Waals surface area contributed by atoms with Gasteiger partial charge in [0.05, 0.1) is 5.56 Å². The molecule has 6 nitrogen and oxygen atoms in total. The van der Waals surface area contributed by atoms with Gasteiger partial charge in [0.25, 0.3) is 5.91 Å². The summed E-state index contributed by atoms with van der Waals surface area (Å²) < 4.78 is 39.9. The van der Waals surface area contributed by atoms with E-state index in [9.17, 15) is 22.8 Å². The van der Waals surface area contributed by atoms with E-state index in [1.165, 1.54) is 30.6 Å². The maximum atomic E-state index is 12.0. The second kappa shape index (κ2) is 7.44. The molecule has 126 valence electrons. The number of halogens is 3. The Balaban J connectivity index is 1.96. The van der Waals surface area contributed by atoms with Gasteiger partial charge in [-0.3, -0.25) is 15.1 Å². The molecule has 1 heterocycles. The van der Waals surface area contributed by atoms with Crippen LogP contribution >= 0.6 is 0 Å². The van der Waals surface area contributed by atoms with Crippen molar-refractivity contribution in [2.45, 2.75) is 6.18 Å². The van der Waals surface area contributed by atoms with Crippen molar-refractivity contribution in [2.75, 3.05) is 17.2 Å². The van der Waals surface area contributed by atoms with Gasteiger partial charge in [0.15, 0.2) is 6.61 Å². The third-order valence-corrected chi connectivity index (χ3v) is 2.66. The molecule has 0 unspecified atom stereocenters. The topological polar surface area (TPSA) is 80.3 Å². The number of nitrogens with one attached hydrogen (secondary N) is 2. The van der Waals surface area contributed by atoms with Crippen LogP contribution in [0.5, 0.6) is 0 Å². The molecule has 0 saturated carbocycles. The van der Waals surface area contributed by atoms with Crippen LogP contribution in [0.4, 0.5) is 29.3 Å². The number of carbonyl (C=O) groups is 2. The Bertz CT molecular complexity index is 721. The van der Waals surface area contributed by atoms with E-state index >= 15 is 0 Å². The fourth-order valence-electron chi connectivity index (χ4n) is 1.68. The van der Waals surface area contributed by atoms with Crippen molar-refractivity contribution >= 4 is 23.4 Å². The Kier molecular flexibility index (Phi) is 5.35. The van der Waals surface area contributed by atoms with Crippen molar-refractivity contribution in [2.24, 2.45) is 0 Å². The third-order valence-electron chi connectivity index (χ3n) is 2.66. The standard InChI is InChI=1S/C15H12F3N3O3/c16-15(17,18)9-24-14(23)21-12-5-1-4-11(7-12)20-13(22)10-3-2-6-19-8-10/h1-8H,9H2,(H,20,22)(H,21,23). The Labute approximate surface area is 134 Å². The van der Waals surface area contributed by atoms with E-state index in [0.29, 0.717) is 11.3 Å². The van der Waals surface area contributed by atoms with E-state index in [0.717, 1.165) is 0 Å². The number of ether oxygens (including phenoxy) is 1. The van der Waals surface area contributed by atoms with Gasteiger partial charge >= 0.3 is 12.3 Å². The summed E-state index contributed by atoms with van der Waals surface area (Å²) in [5.41, 5.74) is 0.851. The molecule has 24 heavy (non-hydrogen) atoms. The number of alkyl halides is 3. The van der Waals surface area contributed by atoms with Crippen molar-refractivity contribution in [1.82, 2.24) is 4.98 Å². The molecule has 0 bridgehead atoms. The molecule has 0 radical (unpaired) electrons. The van der Waals surface area contributed by atoms with Gasteiger partial charge in [0.1, 0.15) is 0 Å². The van der Waals surface area contributed by atoms with Gasteiger partial charge in [-0.25, -0.2) is 4.79 Å². The van der Waals surface area contributed by atoms with Crippen LogP contribution in [0.2, 0.25) is 0 Å². The monoisotopic (exact) mass is 339 g/mol. The fraction of sp³-hybridized carbons (Fsp3) is 0.133. The van der Waals surface area contributed by atoms with Gasteiger partial charge in [0, 0.05) is 23.8 Å². The van der Waals surface area contributed by atoms with E-state index in [2.05, 4.69) is 20.4 Å². The number of anilines is 2. The molecule has 9 heteroatoms. The lowest BCUT2D eigenvalue weighted by Gasteiger charge is -2.10. The minimum absolute atomic E-state index is 0.172. The predicted octanol–water partition coefficient (Wildman–Crippen LogP) is 3.44. The highest BCUT2D eigenvalue weighted by atomic mass is 19.4. The van der Waals surface area contributed by atoms with Crippen LogP contribution in [0.3, 0.4) is 0 Å². The molecule has 0 fully saturated rings. The number of nitrogens with zero attached hydrogens (tertiary/aromatic N) is 1.